The Hall–Kier alpha value is -3.15. The van der Waals surface area contributed by atoms with Crippen LogP contribution >= 0.6 is 0 Å². The van der Waals surface area contributed by atoms with E-state index in [-0.39, 0.29) is 11.8 Å². The molecule has 0 fully saturated rings. The van der Waals surface area contributed by atoms with Crippen molar-refractivity contribution in [3.8, 4) is 0 Å². The van der Waals surface area contributed by atoms with Gasteiger partial charge in [-0.15, -0.1) is 0 Å². The Bertz CT molecular complexity index is 806. The van der Waals surface area contributed by atoms with Crippen molar-refractivity contribution in [2.24, 2.45) is 5.92 Å². The summed E-state index contributed by atoms with van der Waals surface area (Å²) in [7, 11) is 1.29. The SMILES string of the molecule is COC(=O)C(CC(C)C)NC(=O)C(Cc1ccccc1)NC(=O)c1ccccc1. The second-order valence-electron chi connectivity index (χ2n) is 7.30. The number of rotatable bonds is 9. The Morgan fingerprint density at radius 2 is 1.45 bits per heavy atom. The molecule has 2 amide bonds. The lowest BCUT2D eigenvalue weighted by Crippen LogP contribution is -2.53. The molecule has 29 heavy (non-hydrogen) atoms. The van der Waals surface area contributed by atoms with Crippen molar-refractivity contribution in [1.29, 1.82) is 0 Å². The van der Waals surface area contributed by atoms with Crippen LogP contribution in [0.3, 0.4) is 0 Å². The molecule has 0 aliphatic carbocycles. The Labute approximate surface area is 171 Å². The summed E-state index contributed by atoms with van der Waals surface area (Å²) < 4.78 is 4.82. The predicted octanol–water partition coefficient (Wildman–Crippen LogP) is 2.73. The Kier molecular flexibility index (Phi) is 8.40. The van der Waals surface area contributed by atoms with Gasteiger partial charge in [0.1, 0.15) is 12.1 Å². The Morgan fingerprint density at radius 1 is 0.862 bits per heavy atom. The first-order valence-corrected chi connectivity index (χ1v) is 9.68. The highest BCUT2D eigenvalue weighted by Crippen LogP contribution is 2.09. The number of benzene rings is 2. The van der Waals surface area contributed by atoms with E-state index in [1.54, 1.807) is 24.3 Å². The molecule has 2 aromatic rings. The average Bonchev–Trinajstić information content (AvgIpc) is 2.73. The normalized spacial score (nSPS) is 12.7. The summed E-state index contributed by atoms with van der Waals surface area (Å²) in [6.07, 6.45) is 0.754. The molecule has 0 saturated carbocycles. The highest BCUT2D eigenvalue weighted by molar-refractivity contribution is 5.98. The lowest BCUT2D eigenvalue weighted by molar-refractivity contribution is -0.145. The van der Waals surface area contributed by atoms with Gasteiger partial charge in [-0.25, -0.2) is 4.79 Å². The molecule has 0 radical (unpaired) electrons. The third-order valence-corrected chi connectivity index (χ3v) is 4.45. The molecule has 0 saturated heterocycles. The van der Waals surface area contributed by atoms with Gasteiger partial charge in [0.25, 0.3) is 5.91 Å². The number of ether oxygens (including phenoxy) is 1. The fourth-order valence-corrected chi connectivity index (χ4v) is 2.99. The van der Waals surface area contributed by atoms with E-state index in [2.05, 4.69) is 10.6 Å². The quantitative estimate of drug-likeness (QED) is 0.639. The molecule has 6 nitrogen and oxygen atoms in total. The molecule has 2 unspecified atom stereocenters. The molecule has 2 N–H and O–H groups in total. The molecular formula is C23H28N2O4. The van der Waals surface area contributed by atoms with Gasteiger partial charge in [0.2, 0.25) is 5.91 Å². The van der Waals surface area contributed by atoms with Crippen LogP contribution < -0.4 is 10.6 Å². The number of carbonyl (C=O) groups excluding carboxylic acids is 3. The van der Waals surface area contributed by atoms with Gasteiger partial charge >= 0.3 is 5.97 Å². The molecule has 2 aromatic carbocycles. The van der Waals surface area contributed by atoms with E-state index in [1.165, 1.54) is 7.11 Å². The van der Waals surface area contributed by atoms with Crippen LogP contribution in [0.5, 0.6) is 0 Å². The fraction of sp³-hybridized carbons (Fsp3) is 0.348. The van der Waals surface area contributed by atoms with E-state index < -0.39 is 24.0 Å². The van der Waals surface area contributed by atoms with Gasteiger partial charge in [0.15, 0.2) is 0 Å². The molecule has 2 rings (SSSR count). The van der Waals surface area contributed by atoms with Crippen molar-refractivity contribution in [2.45, 2.75) is 38.8 Å². The van der Waals surface area contributed by atoms with Crippen molar-refractivity contribution in [2.75, 3.05) is 7.11 Å². The zero-order valence-electron chi connectivity index (χ0n) is 17.1. The second-order valence-corrected chi connectivity index (χ2v) is 7.30. The van der Waals surface area contributed by atoms with Crippen LogP contribution in [0.1, 0.15) is 36.2 Å². The lowest BCUT2D eigenvalue weighted by atomic mass is 10.0. The summed E-state index contributed by atoms with van der Waals surface area (Å²) in [4.78, 5) is 37.7. The number of hydrogen-bond donors (Lipinski definition) is 2. The monoisotopic (exact) mass is 396 g/mol. The van der Waals surface area contributed by atoms with Gasteiger partial charge in [-0.1, -0.05) is 62.4 Å². The average molecular weight is 396 g/mol. The minimum atomic E-state index is -0.829. The molecule has 6 heteroatoms. The first kappa shape index (κ1) is 22.1. The fourth-order valence-electron chi connectivity index (χ4n) is 2.99. The number of nitrogens with one attached hydrogen (secondary N) is 2. The zero-order valence-corrected chi connectivity index (χ0v) is 17.1. The summed E-state index contributed by atoms with van der Waals surface area (Å²) in [5, 5.41) is 5.54. The molecule has 154 valence electrons. The summed E-state index contributed by atoms with van der Waals surface area (Å²) in [6.45, 7) is 3.92. The van der Waals surface area contributed by atoms with E-state index >= 15 is 0 Å². The maximum Gasteiger partial charge on any atom is 0.328 e. The second kappa shape index (κ2) is 11.0. The summed E-state index contributed by atoms with van der Waals surface area (Å²) >= 11 is 0. The highest BCUT2D eigenvalue weighted by atomic mass is 16.5. The molecule has 0 bridgehead atoms. The van der Waals surface area contributed by atoms with Crippen LogP contribution in [0.4, 0.5) is 0 Å². The lowest BCUT2D eigenvalue weighted by Gasteiger charge is -2.23. The minimum absolute atomic E-state index is 0.186. The summed E-state index contributed by atoms with van der Waals surface area (Å²) in [5.74, 6) is -1.08. The molecule has 0 aliphatic rings. The largest absolute Gasteiger partial charge is 0.467 e. The van der Waals surface area contributed by atoms with Crippen LogP contribution in [0.25, 0.3) is 0 Å². The third kappa shape index (κ3) is 7.07. The molecule has 0 aliphatic heterocycles. The first-order chi connectivity index (χ1) is 13.9. The molecule has 2 atom stereocenters. The number of hydrogen-bond acceptors (Lipinski definition) is 4. The Balaban J connectivity index is 2.19. The van der Waals surface area contributed by atoms with Crippen molar-refractivity contribution < 1.29 is 19.1 Å². The zero-order chi connectivity index (χ0) is 21.2. The summed E-state index contributed by atoms with van der Waals surface area (Å²) in [5.41, 5.74) is 1.37. The van der Waals surface area contributed by atoms with Crippen molar-refractivity contribution in [1.82, 2.24) is 10.6 Å². The van der Waals surface area contributed by atoms with E-state index in [0.29, 0.717) is 18.4 Å². The van der Waals surface area contributed by atoms with E-state index in [0.717, 1.165) is 5.56 Å². The van der Waals surface area contributed by atoms with Crippen molar-refractivity contribution in [3.63, 3.8) is 0 Å². The van der Waals surface area contributed by atoms with Gasteiger partial charge in [-0.05, 0) is 30.0 Å². The summed E-state index contributed by atoms with van der Waals surface area (Å²) in [6, 6.07) is 16.5. The van der Waals surface area contributed by atoms with Gasteiger partial charge in [-0.2, -0.15) is 0 Å². The van der Waals surface area contributed by atoms with Crippen molar-refractivity contribution >= 4 is 17.8 Å². The van der Waals surface area contributed by atoms with Gasteiger partial charge < -0.3 is 15.4 Å². The molecule has 0 spiro atoms. The number of esters is 1. The van der Waals surface area contributed by atoms with Crippen LogP contribution in [-0.4, -0.2) is 37.0 Å². The highest BCUT2D eigenvalue weighted by Gasteiger charge is 2.28. The maximum absolute atomic E-state index is 13.0. The van der Waals surface area contributed by atoms with E-state index in [1.807, 2.05) is 50.2 Å². The van der Waals surface area contributed by atoms with E-state index in [4.69, 9.17) is 4.74 Å². The third-order valence-electron chi connectivity index (χ3n) is 4.45. The van der Waals surface area contributed by atoms with Crippen LogP contribution in [0, 0.1) is 5.92 Å². The minimum Gasteiger partial charge on any atom is -0.467 e. The van der Waals surface area contributed by atoms with Crippen molar-refractivity contribution in [3.05, 3.63) is 71.8 Å². The smallest absolute Gasteiger partial charge is 0.328 e. The molecule has 0 aromatic heterocycles. The van der Waals surface area contributed by atoms with Gasteiger partial charge in [0, 0.05) is 12.0 Å². The Morgan fingerprint density at radius 3 is 2.00 bits per heavy atom. The topological polar surface area (TPSA) is 84.5 Å². The number of amides is 2. The van der Waals surface area contributed by atoms with Crippen LogP contribution in [0.2, 0.25) is 0 Å². The molecular weight excluding hydrogens is 368 g/mol. The van der Waals surface area contributed by atoms with Gasteiger partial charge in [0.05, 0.1) is 7.11 Å². The maximum atomic E-state index is 13.0. The van der Waals surface area contributed by atoms with Gasteiger partial charge in [-0.3, -0.25) is 9.59 Å². The van der Waals surface area contributed by atoms with E-state index in [9.17, 15) is 14.4 Å². The number of carbonyl (C=O) groups is 3. The van der Waals surface area contributed by atoms with Crippen LogP contribution in [-0.2, 0) is 20.7 Å². The first-order valence-electron chi connectivity index (χ1n) is 9.68. The number of methoxy groups -OCH3 is 1. The molecule has 0 heterocycles. The predicted molar refractivity (Wildman–Crippen MR) is 111 cm³/mol. The van der Waals surface area contributed by atoms with Crippen LogP contribution in [0.15, 0.2) is 60.7 Å². The standard InChI is InChI=1S/C23H28N2O4/c1-16(2)14-20(23(28)29-3)25-22(27)19(15-17-10-6-4-7-11-17)24-21(26)18-12-8-5-9-13-18/h4-13,16,19-20H,14-15H2,1-3H3,(H,24,26)(H,25,27).